The van der Waals surface area contributed by atoms with Crippen LogP contribution < -0.4 is 10.5 Å². The summed E-state index contributed by atoms with van der Waals surface area (Å²) in [5.41, 5.74) is 8.27. The number of rotatable bonds is 6. The van der Waals surface area contributed by atoms with E-state index in [9.17, 15) is 0 Å². The average molecular weight is 288 g/mol. The summed E-state index contributed by atoms with van der Waals surface area (Å²) in [6.07, 6.45) is 0.902. The number of oxime groups is 1. The van der Waals surface area contributed by atoms with Gasteiger partial charge in [-0.1, -0.05) is 24.2 Å². The molecule has 1 aromatic carbocycles. The van der Waals surface area contributed by atoms with Crippen molar-refractivity contribution in [2.24, 2.45) is 10.9 Å². The van der Waals surface area contributed by atoms with E-state index in [-0.39, 0.29) is 5.84 Å². The minimum absolute atomic E-state index is 0.0623. The Labute approximate surface area is 123 Å². The molecule has 3 N–H and O–H groups in total. The lowest BCUT2D eigenvalue weighted by atomic mass is 10.2. The van der Waals surface area contributed by atoms with Gasteiger partial charge < -0.3 is 15.7 Å². The summed E-state index contributed by atoms with van der Waals surface area (Å²) in [4.78, 5) is 0. The Hall–Kier alpha value is -2.50. The lowest BCUT2D eigenvalue weighted by Crippen LogP contribution is -2.13. The molecule has 6 nitrogen and oxygen atoms in total. The van der Waals surface area contributed by atoms with E-state index in [2.05, 4.69) is 30.2 Å². The topological polar surface area (TPSA) is 85.7 Å². The third-order valence-electron chi connectivity index (χ3n) is 3.20. The maximum absolute atomic E-state index is 8.70. The summed E-state index contributed by atoms with van der Waals surface area (Å²) < 4.78 is 7.71. The van der Waals surface area contributed by atoms with Crippen LogP contribution in [0, 0.1) is 0 Å². The van der Waals surface area contributed by atoms with Gasteiger partial charge in [0, 0.05) is 12.1 Å². The van der Waals surface area contributed by atoms with Crippen LogP contribution in [0.15, 0.2) is 35.5 Å². The number of benzene rings is 1. The highest BCUT2D eigenvalue weighted by atomic mass is 16.5. The van der Waals surface area contributed by atoms with Gasteiger partial charge >= 0.3 is 0 Å². The molecule has 0 bridgehead atoms. The highest BCUT2D eigenvalue weighted by Gasteiger charge is 2.07. The number of hydrogen-bond donors (Lipinski definition) is 2. The van der Waals surface area contributed by atoms with Crippen LogP contribution in [-0.2, 0) is 19.6 Å². The van der Waals surface area contributed by atoms with Crippen molar-refractivity contribution in [3.8, 4) is 5.75 Å². The number of nitrogens with two attached hydrogens (primary N) is 1. The first kappa shape index (κ1) is 14.9. The minimum Gasteiger partial charge on any atom is -0.487 e. The Morgan fingerprint density at radius 2 is 2.19 bits per heavy atom. The van der Waals surface area contributed by atoms with E-state index in [0.29, 0.717) is 17.9 Å². The molecule has 0 aliphatic rings. The molecule has 0 saturated carbocycles. The maximum atomic E-state index is 8.70. The minimum atomic E-state index is 0.0623. The Morgan fingerprint density at radius 3 is 2.86 bits per heavy atom. The fourth-order valence-corrected chi connectivity index (χ4v) is 2.04. The average Bonchev–Trinajstić information content (AvgIpc) is 2.94. The molecule has 112 valence electrons. The highest BCUT2D eigenvalue weighted by molar-refractivity contribution is 5.97. The summed E-state index contributed by atoms with van der Waals surface area (Å²) in [6, 6.07) is 9.19. The molecule has 0 aliphatic heterocycles. The fourth-order valence-electron chi connectivity index (χ4n) is 2.04. The standard InChI is InChI=1S/C15H20N4O2/c1-3-12-9-13(19(4-2)17-12)10-21-14-7-5-6-11(8-14)15(16)18-20/h5-9,20H,3-4,10H2,1-2H3,(H2,16,18). The van der Waals surface area contributed by atoms with Crippen LogP contribution in [-0.4, -0.2) is 20.8 Å². The molecular weight excluding hydrogens is 268 g/mol. The van der Waals surface area contributed by atoms with Crippen molar-refractivity contribution < 1.29 is 9.94 Å². The van der Waals surface area contributed by atoms with Crippen molar-refractivity contribution in [1.82, 2.24) is 9.78 Å². The van der Waals surface area contributed by atoms with Gasteiger partial charge in [-0.15, -0.1) is 0 Å². The molecule has 0 radical (unpaired) electrons. The number of aryl methyl sites for hydroxylation is 2. The molecule has 0 atom stereocenters. The van der Waals surface area contributed by atoms with Gasteiger partial charge in [0.15, 0.2) is 5.84 Å². The second-order valence-electron chi connectivity index (χ2n) is 4.60. The third kappa shape index (κ3) is 3.53. The van der Waals surface area contributed by atoms with Crippen molar-refractivity contribution in [3.05, 3.63) is 47.3 Å². The fraction of sp³-hybridized carbons (Fsp3) is 0.333. The summed E-state index contributed by atoms with van der Waals surface area (Å²) in [5, 5.41) is 16.2. The first-order chi connectivity index (χ1) is 10.2. The Bertz CT molecular complexity index is 634. The first-order valence-electron chi connectivity index (χ1n) is 6.94. The molecule has 0 amide bonds. The monoisotopic (exact) mass is 288 g/mol. The van der Waals surface area contributed by atoms with Crippen molar-refractivity contribution in [2.75, 3.05) is 0 Å². The molecule has 0 saturated heterocycles. The normalized spacial score (nSPS) is 11.6. The summed E-state index contributed by atoms with van der Waals surface area (Å²) >= 11 is 0. The summed E-state index contributed by atoms with van der Waals surface area (Å²) in [6.45, 7) is 5.37. The predicted octanol–water partition coefficient (Wildman–Crippen LogP) is 2.14. The third-order valence-corrected chi connectivity index (χ3v) is 3.20. The zero-order valence-corrected chi connectivity index (χ0v) is 12.3. The molecule has 0 unspecified atom stereocenters. The van der Waals surface area contributed by atoms with Crippen LogP contribution in [0.4, 0.5) is 0 Å². The van der Waals surface area contributed by atoms with E-state index >= 15 is 0 Å². The molecule has 21 heavy (non-hydrogen) atoms. The zero-order valence-electron chi connectivity index (χ0n) is 12.3. The smallest absolute Gasteiger partial charge is 0.170 e. The van der Waals surface area contributed by atoms with Gasteiger partial charge in [-0.25, -0.2) is 0 Å². The van der Waals surface area contributed by atoms with E-state index in [1.807, 2.05) is 10.7 Å². The molecule has 1 heterocycles. The summed E-state index contributed by atoms with van der Waals surface area (Å²) in [7, 11) is 0. The number of aromatic nitrogens is 2. The van der Waals surface area contributed by atoms with Crippen LogP contribution in [0.5, 0.6) is 5.75 Å². The van der Waals surface area contributed by atoms with E-state index in [1.54, 1.807) is 18.2 Å². The highest BCUT2D eigenvalue weighted by Crippen LogP contribution is 2.16. The molecule has 1 aromatic heterocycles. The first-order valence-corrected chi connectivity index (χ1v) is 6.94. The van der Waals surface area contributed by atoms with Crippen molar-refractivity contribution in [2.45, 2.75) is 33.4 Å². The van der Waals surface area contributed by atoms with E-state index in [1.165, 1.54) is 0 Å². The molecule has 2 aromatic rings. The zero-order chi connectivity index (χ0) is 15.2. The Balaban J connectivity index is 2.11. The van der Waals surface area contributed by atoms with Gasteiger partial charge in [0.25, 0.3) is 0 Å². The van der Waals surface area contributed by atoms with Gasteiger partial charge in [-0.3, -0.25) is 4.68 Å². The second kappa shape index (κ2) is 6.78. The van der Waals surface area contributed by atoms with E-state index in [0.717, 1.165) is 24.4 Å². The number of ether oxygens (including phenoxy) is 1. The van der Waals surface area contributed by atoms with Crippen LogP contribution in [0.1, 0.15) is 30.8 Å². The van der Waals surface area contributed by atoms with Gasteiger partial charge in [-0.2, -0.15) is 5.10 Å². The summed E-state index contributed by atoms with van der Waals surface area (Å²) in [5.74, 6) is 0.730. The molecule has 0 spiro atoms. The van der Waals surface area contributed by atoms with Gasteiger partial charge in [-0.05, 0) is 31.5 Å². The lowest BCUT2D eigenvalue weighted by molar-refractivity contribution is 0.292. The van der Waals surface area contributed by atoms with E-state index in [4.69, 9.17) is 15.7 Å². The molecule has 6 heteroatoms. The lowest BCUT2D eigenvalue weighted by Gasteiger charge is -2.08. The van der Waals surface area contributed by atoms with Gasteiger partial charge in [0.2, 0.25) is 0 Å². The van der Waals surface area contributed by atoms with Crippen LogP contribution in [0.25, 0.3) is 0 Å². The van der Waals surface area contributed by atoms with Crippen molar-refractivity contribution >= 4 is 5.84 Å². The number of nitrogens with zero attached hydrogens (tertiary/aromatic N) is 3. The molecule has 0 fully saturated rings. The Morgan fingerprint density at radius 1 is 1.38 bits per heavy atom. The van der Waals surface area contributed by atoms with E-state index < -0.39 is 0 Å². The van der Waals surface area contributed by atoms with Crippen LogP contribution in [0.2, 0.25) is 0 Å². The largest absolute Gasteiger partial charge is 0.487 e. The molecule has 0 aliphatic carbocycles. The van der Waals surface area contributed by atoms with Crippen LogP contribution >= 0.6 is 0 Å². The predicted molar refractivity (Wildman–Crippen MR) is 80.6 cm³/mol. The number of hydrogen-bond acceptors (Lipinski definition) is 4. The van der Waals surface area contributed by atoms with Crippen molar-refractivity contribution in [3.63, 3.8) is 0 Å². The Kier molecular flexibility index (Phi) is 4.81. The van der Waals surface area contributed by atoms with Gasteiger partial charge in [0.1, 0.15) is 12.4 Å². The molecule has 2 rings (SSSR count). The molecular formula is C15H20N4O2. The van der Waals surface area contributed by atoms with Crippen molar-refractivity contribution in [1.29, 1.82) is 0 Å². The quantitative estimate of drug-likeness (QED) is 0.369. The number of amidine groups is 1. The maximum Gasteiger partial charge on any atom is 0.170 e. The SMILES string of the molecule is CCc1cc(COc2cccc(C(N)=NO)c2)n(CC)n1. The second-order valence-corrected chi connectivity index (χ2v) is 4.60. The van der Waals surface area contributed by atoms with Crippen LogP contribution in [0.3, 0.4) is 0 Å². The van der Waals surface area contributed by atoms with Gasteiger partial charge in [0.05, 0.1) is 11.4 Å².